The van der Waals surface area contributed by atoms with E-state index < -0.39 is 0 Å². The quantitative estimate of drug-likeness (QED) is 0.662. The Morgan fingerprint density at radius 2 is 1.67 bits per heavy atom. The SMILES string of the molecule is Cc1cc(Cl)c2nc(C)c(Cl)c(Cl)c2c1. The van der Waals surface area contributed by atoms with Gasteiger partial charge in [-0.1, -0.05) is 34.8 Å². The second-order valence-corrected chi connectivity index (χ2v) is 4.63. The summed E-state index contributed by atoms with van der Waals surface area (Å²) >= 11 is 18.3. The topological polar surface area (TPSA) is 12.9 Å². The zero-order valence-electron chi connectivity index (χ0n) is 8.24. The van der Waals surface area contributed by atoms with Crippen molar-refractivity contribution >= 4 is 45.7 Å². The van der Waals surface area contributed by atoms with E-state index in [1.54, 1.807) is 0 Å². The largest absolute Gasteiger partial charge is 0.250 e. The van der Waals surface area contributed by atoms with Crippen molar-refractivity contribution in [3.05, 3.63) is 38.5 Å². The van der Waals surface area contributed by atoms with Crippen LogP contribution in [0.4, 0.5) is 0 Å². The number of benzene rings is 1. The molecule has 0 saturated carbocycles. The molecule has 1 aromatic heterocycles. The van der Waals surface area contributed by atoms with Gasteiger partial charge in [0.15, 0.2) is 0 Å². The van der Waals surface area contributed by atoms with E-state index in [9.17, 15) is 0 Å². The summed E-state index contributed by atoms with van der Waals surface area (Å²) < 4.78 is 0. The van der Waals surface area contributed by atoms with Crippen molar-refractivity contribution in [2.45, 2.75) is 13.8 Å². The van der Waals surface area contributed by atoms with Crippen LogP contribution < -0.4 is 0 Å². The molecule has 0 atom stereocenters. The number of rotatable bonds is 0. The average molecular weight is 261 g/mol. The first-order valence-electron chi connectivity index (χ1n) is 4.42. The number of nitrogens with zero attached hydrogens (tertiary/aromatic N) is 1. The van der Waals surface area contributed by atoms with Gasteiger partial charge < -0.3 is 0 Å². The predicted molar refractivity (Wildman–Crippen MR) is 66.2 cm³/mol. The highest BCUT2D eigenvalue weighted by Gasteiger charge is 2.11. The fourth-order valence-electron chi connectivity index (χ4n) is 1.51. The minimum Gasteiger partial charge on any atom is -0.250 e. The molecule has 0 spiro atoms. The lowest BCUT2D eigenvalue weighted by Crippen LogP contribution is -1.89. The van der Waals surface area contributed by atoms with Gasteiger partial charge in [-0.2, -0.15) is 0 Å². The van der Waals surface area contributed by atoms with Crippen molar-refractivity contribution < 1.29 is 0 Å². The molecule has 1 nitrogen and oxygen atoms in total. The average Bonchev–Trinajstić information content (AvgIpc) is 2.17. The van der Waals surface area contributed by atoms with E-state index in [0.29, 0.717) is 26.3 Å². The van der Waals surface area contributed by atoms with Crippen LogP contribution in [0, 0.1) is 13.8 Å². The molecule has 78 valence electrons. The number of aromatic nitrogens is 1. The zero-order chi connectivity index (χ0) is 11.2. The van der Waals surface area contributed by atoms with Crippen molar-refractivity contribution in [3.63, 3.8) is 0 Å². The number of aryl methyl sites for hydroxylation is 2. The monoisotopic (exact) mass is 259 g/mol. The van der Waals surface area contributed by atoms with Gasteiger partial charge in [-0.25, -0.2) is 4.98 Å². The Hall–Kier alpha value is -0.500. The minimum atomic E-state index is 0.492. The van der Waals surface area contributed by atoms with Crippen LogP contribution in [0.2, 0.25) is 15.1 Å². The van der Waals surface area contributed by atoms with Crippen molar-refractivity contribution in [1.29, 1.82) is 0 Å². The molecule has 2 aromatic rings. The standard InChI is InChI=1S/C11H8Cl3N/c1-5-3-7-10(14)9(13)6(2)15-11(7)8(12)4-5/h3-4H,1-2H3. The third kappa shape index (κ3) is 1.80. The van der Waals surface area contributed by atoms with Crippen LogP contribution in [-0.2, 0) is 0 Å². The van der Waals surface area contributed by atoms with Crippen LogP contribution in [0.25, 0.3) is 10.9 Å². The van der Waals surface area contributed by atoms with Crippen LogP contribution >= 0.6 is 34.8 Å². The summed E-state index contributed by atoms with van der Waals surface area (Å²) in [5, 5.41) is 2.42. The Bertz CT molecular complexity index is 549. The normalized spacial score (nSPS) is 11.0. The van der Waals surface area contributed by atoms with Crippen molar-refractivity contribution in [3.8, 4) is 0 Å². The predicted octanol–water partition coefficient (Wildman–Crippen LogP) is 4.81. The van der Waals surface area contributed by atoms with Gasteiger partial charge in [0.05, 0.1) is 26.3 Å². The maximum atomic E-state index is 6.14. The maximum absolute atomic E-state index is 6.14. The molecule has 0 aliphatic heterocycles. The summed E-state index contributed by atoms with van der Waals surface area (Å²) in [6, 6.07) is 3.79. The molecular weight excluding hydrogens is 252 g/mol. The Morgan fingerprint density at radius 1 is 1.00 bits per heavy atom. The lowest BCUT2D eigenvalue weighted by Gasteiger charge is -2.07. The summed E-state index contributed by atoms with van der Waals surface area (Å²) in [7, 11) is 0. The molecule has 0 unspecified atom stereocenters. The van der Waals surface area contributed by atoms with Gasteiger partial charge in [0.2, 0.25) is 0 Å². The molecule has 0 N–H and O–H groups in total. The van der Waals surface area contributed by atoms with Crippen LogP contribution in [0.15, 0.2) is 12.1 Å². The van der Waals surface area contributed by atoms with Gasteiger partial charge in [-0.05, 0) is 31.5 Å². The van der Waals surface area contributed by atoms with Gasteiger partial charge in [-0.3, -0.25) is 0 Å². The number of hydrogen-bond acceptors (Lipinski definition) is 1. The Morgan fingerprint density at radius 3 is 2.33 bits per heavy atom. The lowest BCUT2D eigenvalue weighted by atomic mass is 10.1. The number of halogens is 3. The Labute approximate surface area is 103 Å². The fraction of sp³-hybridized carbons (Fsp3) is 0.182. The van der Waals surface area contributed by atoms with E-state index in [-0.39, 0.29) is 0 Å². The van der Waals surface area contributed by atoms with Crippen molar-refractivity contribution in [2.75, 3.05) is 0 Å². The van der Waals surface area contributed by atoms with E-state index in [4.69, 9.17) is 34.8 Å². The van der Waals surface area contributed by atoms with Crippen LogP contribution in [0.1, 0.15) is 11.3 Å². The molecule has 0 radical (unpaired) electrons. The summed E-state index contributed by atoms with van der Waals surface area (Å²) in [5.41, 5.74) is 2.44. The third-order valence-corrected chi connectivity index (χ3v) is 3.47. The molecule has 1 aromatic carbocycles. The molecule has 2 rings (SSSR count). The second kappa shape index (κ2) is 3.82. The van der Waals surface area contributed by atoms with Gasteiger partial charge in [0.25, 0.3) is 0 Å². The molecule has 1 heterocycles. The van der Waals surface area contributed by atoms with Crippen LogP contribution in [-0.4, -0.2) is 4.98 Å². The van der Waals surface area contributed by atoms with Gasteiger partial charge in [0, 0.05) is 5.39 Å². The molecule has 0 aliphatic rings. The van der Waals surface area contributed by atoms with E-state index >= 15 is 0 Å². The highest BCUT2D eigenvalue weighted by molar-refractivity contribution is 6.46. The molecular formula is C11H8Cl3N. The summed E-state index contributed by atoms with van der Waals surface area (Å²) in [6.07, 6.45) is 0. The van der Waals surface area contributed by atoms with Gasteiger partial charge in [-0.15, -0.1) is 0 Å². The third-order valence-electron chi connectivity index (χ3n) is 2.23. The first-order valence-corrected chi connectivity index (χ1v) is 5.55. The number of hydrogen-bond donors (Lipinski definition) is 0. The molecule has 0 bridgehead atoms. The maximum Gasteiger partial charge on any atom is 0.0907 e. The van der Waals surface area contributed by atoms with Crippen LogP contribution in [0.3, 0.4) is 0 Å². The zero-order valence-corrected chi connectivity index (χ0v) is 10.5. The van der Waals surface area contributed by atoms with E-state index in [0.717, 1.165) is 10.9 Å². The fourth-order valence-corrected chi connectivity index (χ4v) is 2.25. The van der Waals surface area contributed by atoms with Gasteiger partial charge >= 0.3 is 0 Å². The molecule has 0 fully saturated rings. The summed E-state index contributed by atoms with van der Waals surface area (Å²) in [4.78, 5) is 4.33. The molecule has 0 aliphatic carbocycles. The molecule has 0 amide bonds. The lowest BCUT2D eigenvalue weighted by molar-refractivity contribution is 1.25. The van der Waals surface area contributed by atoms with Gasteiger partial charge in [0.1, 0.15) is 0 Å². The van der Waals surface area contributed by atoms with E-state index in [2.05, 4.69) is 4.98 Å². The summed E-state index contributed by atoms with van der Waals surface area (Å²) in [5.74, 6) is 0. The van der Waals surface area contributed by atoms with Crippen LogP contribution in [0.5, 0.6) is 0 Å². The van der Waals surface area contributed by atoms with Crippen molar-refractivity contribution in [2.24, 2.45) is 0 Å². The smallest absolute Gasteiger partial charge is 0.0907 e. The number of pyridine rings is 1. The van der Waals surface area contributed by atoms with Crippen molar-refractivity contribution in [1.82, 2.24) is 4.98 Å². The summed E-state index contributed by atoms with van der Waals surface area (Å²) in [6.45, 7) is 3.76. The number of fused-ring (bicyclic) bond motifs is 1. The molecule has 0 saturated heterocycles. The first kappa shape index (κ1) is 11.0. The Balaban J connectivity index is 2.98. The highest BCUT2D eigenvalue weighted by Crippen LogP contribution is 2.35. The first-order chi connectivity index (χ1) is 7.00. The minimum absolute atomic E-state index is 0.492. The molecule has 4 heteroatoms. The molecule has 15 heavy (non-hydrogen) atoms. The van der Waals surface area contributed by atoms with E-state index in [1.165, 1.54) is 0 Å². The second-order valence-electron chi connectivity index (χ2n) is 3.47. The Kier molecular flexibility index (Phi) is 2.80. The highest BCUT2D eigenvalue weighted by atomic mass is 35.5. The van der Waals surface area contributed by atoms with E-state index in [1.807, 2.05) is 26.0 Å².